The molecule has 3 aromatic rings. The summed E-state index contributed by atoms with van der Waals surface area (Å²) in [5.41, 5.74) is 2.35. The molecule has 1 aromatic heterocycles. The number of imidazole rings is 1. The summed E-state index contributed by atoms with van der Waals surface area (Å²) in [6.45, 7) is 0. The van der Waals surface area contributed by atoms with E-state index in [1.165, 1.54) is 20.3 Å². The monoisotopic (exact) mass is 383 g/mol. The highest BCUT2D eigenvalue weighted by molar-refractivity contribution is 6.32. The minimum absolute atomic E-state index is 0.258. The van der Waals surface area contributed by atoms with E-state index in [4.69, 9.17) is 21.1 Å². The number of amides is 1. The average molecular weight is 384 g/mol. The van der Waals surface area contributed by atoms with Crippen LogP contribution in [0, 0.1) is 0 Å². The fourth-order valence-corrected chi connectivity index (χ4v) is 2.82. The summed E-state index contributed by atoms with van der Waals surface area (Å²) in [4.78, 5) is 19.4. The van der Waals surface area contributed by atoms with Gasteiger partial charge in [0.15, 0.2) is 11.5 Å². The van der Waals surface area contributed by atoms with E-state index in [1.807, 2.05) is 24.3 Å². The number of aromatic amines is 1. The lowest BCUT2D eigenvalue weighted by Crippen LogP contribution is -2.07. The molecular formula is C20H18ClN3O3. The number of ether oxygens (including phenoxy) is 2. The van der Waals surface area contributed by atoms with Gasteiger partial charge in [-0.3, -0.25) is 4.79 Å². The van der Waals surface area contributed by atoms with Gasteiger partial charge in [-0.25, -0.2) is 4.98 Å². The van der Waals surface area contributed by atoms with Crippen LogP contribution in [0.1, 0.15) is 5.56 Å². The Labute approximate surface area is 161 Å². The maximum Gasteiger partial charge on any atom is 0.248 e. The zero-order valence-corrected chi connectivity index (χ0v) is 15.6. The van der Waals surface area contributed by atoms with E-state index >= 15 is 0 Å². The summed E-state index contributed by atoms with van der Waals surface area (Å²) in [6, 6.07) is 10.8. The van der Waals surface area contributed by atoms with Crippen molar-refractivity contribution in [1.82, 2.24) is 9.97 Å². The summed E-state index contributed by atoms with van der Waals surface area (Å²) in [7, 11) is 3.05. The van der Waals surface area contributed by atoms with Crippen molar-refractivity contribution in [2.45, 2.75) is 0 Å². The van der Waals surface area contributed by atoms with Gasteiger partial charge in [-0.2, -0.15) is 0 Å². The first kappa shape index (κ1) is 18.5. The van der Waals surface area contributed by atoms with E-state index in [-0.39, 0.29) is 5.91 Å². The van der Waals surface area contributed by atoms with E-state index < -0.39 is 0 Å². The Morgan fingerprint density at radius 1 is 1.19 bits per heavy atom. The van der Waals surface area contributed by atoms with Crippen molar-refractivity contribution in [3.8, 4) is 22.9 Å². The van der Waals surface area contributed by atoms with Crippen molar-refractivity contribution in [2.24, 2.45) is 0 Å². The fourth-order valence-electron chi connectivity index (χ4n) is 2.52. The first-order valence-electron chi connectivity index (χ1n) is 8.11. The molecule has 0 aliphatic heterocycles. The molecule has 138 valence electrons. The third-order valence-corrected chi connectivity index (χ3v) is 4.09. The zero-order valence-electron chi connectivity index (χ0n) is 14.8. The molecule has 0 aliphatic rings. The lowest BCUT2D eigenvalue weighted by Gasteiger charge is -2.10. The lowest BCUT2D eigenvalue weighted by molar-refractivity contribution is -0.111. The summed E-state index contributed by atoms with van der Waals surface area (Å²) in [5, 5.41) is 3.21. The third kappa shape index (κ3) is 4.48. The molecule has 1 heterocycles. The molecule has 0 bridgehead atoms. The number of benzene rings is 2. The minimum atomic E-state index is -0.258. The molecule has 0 unspecified atom stereocenters. The minimum Gasteiger partial charge on any atom is -0.493 e. The molecule has 1 amide bonds. The SMILES string of the molecule is COc1cc(/C=C/C(=O)Nc2ccc(-c3ncc[nH]3)cc2)cc(Cl)c1OC. The van der Waals surface area contributed by atoms with Gasteiger partial charge in [-0.15, -0.1) is 0 Å². The van der Waals surface area contributed by atoms with E-state index in [0.29, 0.717) is 22.2 Å². The highest BCUT2D eigenvalue weighted by Gasteiger charge is 2.10. The number of methoxy groups -OCH3 is 2. The van der Waals surface area contributed by atoms with Crippen LogP contribution in [0.4, 0.5) is 5.69 Å². The van der Waals surface area contributed by atoms with Crippen molar-refractivity contribution < 1.29 is 14.3 Å². The van der Waals surface area contributed by atoms with Crippen LogP contribution in [-0.4, -0.2) is 30.1 Å². The quantitative estimate of drug-likeness (QED) is 0.618. The van der Waals surface area contributed by atoms with Gasteiger partial charge in [-0.05, 0) is 48.0 Å². The van der Waals surface area contributed by atoms with Gasteiger partial charge in [0.05, 0.1) is 19.2 Å². The Bertz CT molecular complexity index is 951. The molecule has 27 heavy (non-hydrogen) atoms. The number of nitrogens with one attached hydrogen (secondary N) is 2. The Hall–Kier alpha value is -3.25. The summed E-state index contributed by atoms with van der Waals surface area (Å²) >= 11 is 6.17. The number of carbonyl (C=O) groups excluding carboxylic acids is 1. The second-order valence-corrected chi connectivity index (χ2v) is 5.98. The van der Waals surface area contributed by atoms with Gasteiger partial charge in [0.2, 0.25) is 5.91 Å². The highest BCUT2D eigenvalue weighted by atomic mass is 35.5. The van der Waals surface area contributed by atoms with Crippen molar-refractivity contribution >= 4 is 29.3 Å². The number of anilines is 1. The van der Waals surface area contributed by atoms with Crippen molar-refractivity contribution in [3.05, 3.63) is 65.5 Å². The molecule has 7 heteroatoms. The number of halogens is 1. The topological polar surface area (TPSA) is 76.2 Å². The molecule has 0 saturated carbocycles. The number of aromatic nitrogens is 2. The van der Waals surface area contributed by atoms with E-state index in [2.05, 4.69) is 15.3 Å². The molecule has 0 fully saturated rings. The number of carbonyl (C=O) groups is 1. The summed E-state index contributed by atoms with van der Waals surface area (Å²) in [6.07, 6.45) is 6.53. The largest absolute Gasteiger partial charge is 0.493 e. The van der Waals surface area contributed by atoms with Gasteiger partial charge in [0, 0.05) is 29.7 Å². The molecule has 0 aliphatic carbocycles. The third-order valence-electron chi connectivity index (χ3n) is 3.81. The number of H-pyrrole nitrogens is 1. The van der Waals surface area contributed by atoms with E-state index in [0.717, 1.165) is 17.0 Å². The Morgan fingerprint density at radius 2 is 1.96 bits per heavy atom. The van der Waals surface area contributed by atoms with Crippen LogP contribution >= 0.6 is 11.6 Å². The van der Waals surface area contributed by atoms with Gasteiger partial charge < -0.3 is 19.8 Å². The van der Waals surface area contributed by atoms with Gasteiger partial charge >= 0.3 is 0 Å². The second-order valence-electron chi connectivity index (χ2n) is 5.58. The first-order chi connectivity index (χ1) is 13.1. The molecular weight excluding hydrogens is 366 g/mol. The van der Waals surface area contributed by atoms with Crippen LogP contribution in [0.25, 0.3) is 17.5 Å². The molecule has 0 atom stereocenters. The van der Waals surface area contributed by atoms with Crippen LogP contribution in [0.15, 0.2) is 54.9 Å². The molecule has 2 N–H and O–H groups in total. The Morgan fingerprint density at radius 3 is 2.59 bits per heavy atom. The van der Waals surface area contributed by atoms with Crippen LogP contribution in [0.3, 0.4) is 0 Å². The smallest absolute Gasteiger partial charge is 0.248 e. The zero-order chi connectivity index (χ0) is 19.2. The molecule has 2 aromatic carbocycles. The van der Waals surface area contributed by atoms with Crippen molar-refractivity contribution in [3.63, 3.8) is 0 Å². The summed E-state index contributed by atoms with van der Waals surface area (Å²) < 4.78 is 10.4. The average Bonchev–Trinajstić information content (AvgIpc) is 3.21. The number of hydrogen-bond donors (Lipinski definition) is 2. The molecule has 0 radical (unpaired) electrons. The maximum atomic E-state index is 12.2. The molecule has 0 saturated heterocycles. The van der Waals surface area contributed by atoms with Gasteiger partial charge in [0.1, 0.15) is 5.82 Å². The molecule has 3 rings (SSSR count). The van der Waals surface area contributed by atoms with E-state index in [9.17, 15) is 4.79 Å². The molecule has 0 spiro atoms. The standard InChI is InChI=1S/C20H18ClN3O3/c1-26-17-12-13(11-16(21)19(17)27-2)3-8-18(25)24-15-6-4-14(5-7-15)20-22-9-10-23-20/h3-12H,1-2H3,(H,22,23)(H,24,25)/b8-3+. The summed E-state index contributed by atoms with van der Waals surface area (Å²) in [5.74, 6) is 1.47. The normalized spacial score (nSPS) is 10.8. The number of nitrogens with zero attached hydrogens (tertiary/aromatic N) is 1. The van der Waals surface area contributed by atoms with E-state index in [1.54, 1.807) is 30.6 Å². The van der Waals surface area contributed by atoms with Gasteiger partial charge in [0.25, 0.3) is 0 Å². The maximum absolute atomic E-state index is 12.2. The van der Waals surface area contributed by atoms with Crippen LogP contribution in [0.2, 0.25) is 5.02 Å². The van der Waals surface area contributed by atoms with Crippen molar-refractivity contribution in [1.29, 1.82) is 0 Å². The van der Waals surface area contributed by atoms with Crippen LogP contribution in [0.5, 0.6) is 11.5 Å². The van der Waals surface area contributed by atoms with Crippen LogP contribution < -0.4 is 14.8 Å². The lowest BCUT2D eigenvalue weighted by atomic mass is 10.1. The van der Waals surface area contributed by atoms with Crippen molar-refractivity contribution in [2.75, 3.05) is 19.5 Å². The van der Waals surface area contributed by atoms with Gasteiger partial charge in [-0.1, -0.05) is 11.6 Å². The highest BCUT2D eigenvalue weighted by Crippen LogP contribution is 2.36. The number of hydrogen-bond acceptors (Lipinski definition) is 4. The number of rotatable bonds is 6. The first-order valence-corrected chi connectivity index (χ1v) is 8.49. The fraction of sp³-hybridized carbons (Fsp3) is 0.100. The predicted molar refractivity (Wildman–Crippen MR) is 106 cm³/mol. The van der Waals surface area contributed by atoms with Crippen LogP contribution in [-0.2, 0) is 4.79 Å². The Balaban J connectivity index is 1.68. The second kappa shape index (κ2) is 8.42. The Kier molecular flexibility index (Phi) is 5.78. The predicted octanol–water partition coefficient (Wildman–Crippen LogP) is 4.40. The molecule has 6 nitrogen and oxygen atoms in total.